The summed E-state index contributed by atoms with van der Waals surface area (Å²) in [5, 5.41) is 31.3. The largest absolute Gasteiger partial charge is 0.481 e. The summed E-state index contributed by atoms with van der Waals surface area (Å²) in [6.45, 7) is 1.94. The van der Waals surface area contributed by atoms with Gasteiger partial charge in [-0.2, -0.15) is 9.29 Å². The van der Waals surface area contributed by atoms with Crippen molar-refractivity contribution in [2.75, 3.05) is 25.6 Å². The number of carbonyl (C=O) groups is 2. The van der Waals surface area contributed by atoms with E-state index >= 15 is 0 Å². The van der Waals surface area contributed by atoms with Crippen LogP contribution < -0.4 is 11.4 Å². The average Bonchev–Trinajstić information content (AvgIpc) is 3.62. The number of ether oxygens (including phenoxy) is 3. The molecule has 0 amide bonds. The number of carbonyl (C=O) groups excluding carboxylic acids is 2. The number of nitrogens with two attached hydrogens (primary N) is 1. The summed E-state index contributed by atoms with van der Waals surface area (Å²) < 4.78 is 56.7. The fraction of sp³-hybridized carbons (Fsp3) is 0.692. The number of nitrogens with zero attached hydrogens (tertiary/aromatic N) is 2. The predicted octanol–water partition coefficient (Wildman–Crippen LogP) is 10.1. The Morgan fingerprint density at radius 2 is 1.27 bits per heavy atom. The van der Waals surface area contributed by atoms with E-state index in [9.17, 15) is 48.6 Å². The lowest BCUT2D eigenvalue weighted by Crippen LogP contribution is -2.36. The number of phosphoric ester groups is 2. The highest BCUT2D eigenvalue weighted by Gasteiger charge is 2.46. The molecule has 0 saturated carbocycles. The van der Waals surface area contributed by atoms with Gasteiger partial charge in [0.2, 0.25) is 0 Å². The Kier molecular flexibility index (Phi) is 35.7. The number of aliphatic hydroxyl groups is 3. The van der Waals surface area contributed by atoms with Gasteiger partial charge in [0.05, 0.1) is 19.3 Å². The molecule has 1 aromatic heterocycles. The number of rotatable bonds is 43. The van der Waals surface area contributed by atoms with Crippen molar-refractivity contribution in [1.29, 1.82) is 0 Å². The lowest BCUT2D eigenvalue weighted by Gasteiger charge is -2.21. The van der Waals surface area contributed by atoms with Gasteiger partial charge < -0.3 is 45.1 Å². The molecule has 2 unspecified atom stereocenters. The third-order valence-electron chi connectivity index (χ3n) is 11.7. The maximum Gasteiger partial charge on any atom is 0.481 e. The van der Waals surface area contributed by atoms with Crippen LogP contribution in [0.3, 0.4) is 0 Å². The van der Waals surface area contributed by atoms with Crippen molar-refractivity contribution in [3.8, 4) is 0 Å². The van der Waals surface area contributed by atoms with Crippen LogP contribution in [0.2, 0.25) is 0 Å². The SMILES string of the molecule is CCCCC/C=C\C/C=C\C/C=C\C=C\[C@H](O)CCCC(=O)O[C@H](COC(=O)CCCCCCCCC/C=C\CCCCCCCC)COP(=O)(O)OP(=O)(O)OC[C@H]1O[C@@H](n2ccc(N)nc2=O)[C@H](O)[C@@H]1O. The quantitative estimate of drug-likeness (QED) is 0.0117. The summed E-state index contributed by atoms with van der Waals surface area (Å²) in [5.74, 6) is -1.51. The van der Waals surface area contributed by atoms with E-state index in [2.05, 4.69) is 59.6 Å². The highest BCUT2D eigenvalue weighted by molar-refractivity contribution is 7.61. The third kappa shape index (κ3) is 32.5. The Labute approximate surface area is 433 Å². The zero-order chi connectivity index (χ0) is 53.6. The monoisotopic (exact) mass is 1070 g/mol. The molecule has 2 rings (SSSR count). The topological polar surface area (TPSA) is 286 Å². The van der Waals surface area contributed by atoms with Gasteiger partial charge in [-0.1, -0.05) is 152 Å². The minimum Gasteiger partial charge on any atom is -0.462 e. The molecule has 73 heavy (non-hydrogen) atoms. The molecule has 7 N–H and O–H groups in total. The van der Waals surface area contributed by atoms with Crippen molar-refractivity contribution in [2.45, 2.75) is 211 Å². The first kappa shape index (κ1) is 65.5. The Bertz CT molecular complexity index is 1980. The molecule has 0 aromatic carbocycles. The van der Waals surface area contributed by atoms with E-state index in [0.29, 0.717) is 6.42 Å². The van der Waals surface area contributed by atoms with Crippen LogP contribution >= 0.6 is 15.6 Å². The molecule has 1 fully saturated rings. The lowest BCUT2D eigenvalue weighted by atomic mass is 10.1. The second-order valence-corrected chi connectivity index (χ2v) is 21.3. The lowest BCUT2D eigenvalue weighted by molar-refractivity contribution is -0.161. The Balaban J connectivity index is 1.85. The molecule has 1 aromatic rings. The van der Waals surface area contributed by atoms with Gasteiger partial charge >= 0.3 is 33.3 Å². The van der Waals surface area contributed by atoms with Gasteiger partial charge in [0.1, 0.15) is 30.7 Å². The van der Waals surface area contributed by atoms with Crippen LogP contribution in [0, 0.1) is 0 Å². The number of hydrogen-bond acceptors (Lipinski definition) is 16. The van der Waals surface area contributed by atoms with E-state index in [0.717, 1.165) is 81.4 Å². The van der Waals surface area contributed by atoms with Crippen LogP contribution in [0.25, 0.3) is 0 Å². The van der Waals surface area contributed by atoms with Crippen LogP contribution in [-0.2, 0) is 46.3 Å². The fourth-order valence-corrected chi connectivity index (χ4v) is 9.64. The third-order valence-corrected chi connectivity index (χ3v) is 14.3. The second-order valence-electron chi connectivity index (χ2n) is 18.2. The number of phosphoric acid groups is 2. The fourth-order valence-electron chi connectivity index (χ4n) is 7.53. The number of esters is 2. The van der Waals surface area contributed by atoms with Crippen molar-refractivity contribution in [1.82, 2.24) is 9.55 Å². The Morgan fingerprint density at radius 3 is 1.93 bits per heavy atom. The van der Waals surface area contributed by atoms with Gasteiger partial charge in [-0.25, -0.2) is 13.9 Å². The van der Waals surface area contributed by atoms with E-state index in [-0.39, 0.29) is 31.5 Å². The highest BCUT2D eigenvalue weighted by Crippen LogP contribution is 2.60. The molecule has 2 heterocycles. The number of nitrogen functional groups attached to an aromatic ring is 1. The summed E-state index contributed by atoms with van der Waals surface area (Å²) in [6, 6.07) is 1.24. The minimum absolute atomic E-state index is 0.0799. The molecule has 1 aliphatic heterocycles. The molecule has 1 aliphatic rings. The van der Waals surface area contributed by atoms with E-state index in [1.807, 2.05) is 12.2 Å². The molecule has 0 spiro atoms. The number of aliphatic hydroxyl groups excluding tert-OH is 3. The number of anilines is 1. The smallest absolute Gasteiger partial charge is 0.462 e. The Morgan fingerprint density at radius 1 is 0.726 bits per heavy atom. The van der Waals surface area contributed by atoms with Crippen molar-refractivity contribution < 1.29 is 71.4 Å². The molecule has 8 atom stereocenters. The van der Waals surface area contributed by atoms with E-state index < -0.39 is 89.8 Å². The van der Waals surface area contributed by atoms with Crippen molar-refractivity contribution >= 4 is 33.4 Å². The van der Waals surface area contributed by atoms with Crippen LogP contribution in [-0.4, -0.2) is 96.9 Å². The van der Waals surface area contributed by atoms with Crippen LogP contribution in [0.1, 0.15) is 181 Å². The number of hydrogen-bond donors (Lipinski definition) is 6. The first-order valence-electron chi connectivity index (χ1n) is 26.4. The zero-order valence-corrected chi connectivity index (χ0v) is 45.1. The molecular formula is C52H87N3O16P2. The van der Waals surface area contributed by atoms with Gasteiger partial charge in [0, 0.05) is 19.0 Å². The van der Waals surface area contributed by atoms with Crippen molar-refractivity contribution in [3.63, 3.8) is 0 Å². The first-order chi connectivity index (χ1) is 35.1. The molecule has 19 nitrogen and oxygen atoms in total. The summed E-state index contributed by atoms with van der Waals surface area (Å²) in [7, 11) is -10.9. The predicted molar refractivity (Wildman–Crippen MR) is 281 cm³/mol. The summed E-state index contributed by atoms with van der Waals surface area (Å²) in [5.41, 5.74) is 4.57. The number of unbranched alkanes of at least 4 members (excludes halogenated alkanes) is 16. The van der Waals surface area contributed by atoms with Gasteiger partial charge in [0.25, 0.3) is 0 Å². The molecule has 416 valence electrons. The van der Waals surface area contributed by atoms with Gasteiger partial charge in [-0.15, -0.1) is 0 Å². The highest BCUT2D eigenvalue weighted by atomic mass is 31.3. The van der Waals surface area contributed by atoms with Gasteiger partial charge in [-0.3, -0.25) is 23.2 Å². The van der Waals surface area contributed by atoms with E-state index in [1.54, 1.807) is 12.2 Å². The van der Waals surface area contributed by atoms with Crippen LogP contribution in [0.5, 0.6) is 0 Å². The van der Waals surface area contributed by atoms with Crippen molar-refractivity contribution in [2.24, 2.45) is 0 Å². The Hall–Kier alpha value is -3.58. The molecule has 1 saturated heterocycles. The molecule has 21 heteroatoms. The first-order valence-corrected chi connectivity index (χ1v) is 29.4. The molecular weight excluding hydrogens is 985 g/mol. The van der Waals surface area contributed by atoms with Crippen LogP contribution in [0.15, 0.2) is 77.8 Å². The second kappa shape index (κ2) is 39.8. The average molecular weight is 1070 g/mol. The summed E-state index contributed by atoms with van der Waals surface area (Å²) in [4.78, 5) is 62.0. The minimum atomic E-state index is -5.47. The maximum atomic E-state index is 12.9. The van der Waals surface area contributed by atoms with Crippen molar-refractivity contribution in [3.05, 3.63) is 83.5 Å². The number of aromatic nitrogens is 2. The number of allylic oxidation sites excluding steroid dienone is 9. The molecule has 0 aliphatic carbocycles. The summed E-state index contributed by atoms with van der Waals surface area (Å²) >= 11 is 0. The summed E-state index contributed by atoms with van der Waals surface area (Å²) in [6.07, 6.45) is 36.0. The molecule has 0 bridgehead atoms. The normalized spacial score (nSPS) is 19.9. The molecule has 0 radical (unpaired) electrons. The maximum absolute atomic E-state index is 12.9. The zero-order valence-electron chi connectivity index (χ0n) is 43.3. The van der Waals surface area contributed by atoms with Gasteiger partial charge in [0.15, 0.2) is 12.3 Å². The van der Waals surface area contributed by atoms with Gasteiger partial charge in [-0.05, 0) is 76.7 Å². The van der Waals surface area contributed by atoms with E-state index in [4.69, 9.17) is 29.0 Å². The van der Waals surface area contributed by atoms with Crippen LogP contribution in [0.4, 0.5) is 5.82 Å². The standard InChI is InChI=1S/C52H87N3O16P2/c1-3-5-7-9-11-13-15-17-18-19-20-22-24-26-28-30-32-36-47(57)66-40-44(69-48(58)37-33-35-43(56)34-31-29-27-25-23-21-16-14-12-10-8-6-4-2)41-67-72(62,63)71-73(64,65)68-42-45-49(59)50(60)51(70-45)55-39-38-46(53)54-52(55)61/h12,14,17-18,21,23,27,29,31,34,38-39,43-45,49-51,56,59-60H,3-11,13,15-16,19-20,22,24-26,28,30,32-33,35-37,40-42H2,1-2H3,(H,62,63)(H,64,65)(H2,53,54,61)/b14-12-,18-17-,23-21-,29-27-,34-31+/t43-,44+,45+,49+,50+,51+/m0/s1. The van der Waals surface area contributed by atoms with E-state index in [1.165, 1.54) is 63.9 Å².